The standard InChI is InChI=1S/C23H23NO3S/c1-3-26-19-14-13-16(15-20(19)27-4-2)23(25)24-17-9-5-7-11-21(17)28-22-12-8-6-10-18(22)24/h5-15,17,21H,3-4H2,1-2H3. The monoisotopic (exact) mass is 393 g/mol. The van der Waals surface area contributed by atoms with Gasteiger partial charge in [0.2, 0.25) is 0 Å². The molecule has 0 spiro atoms. The van der Waals surface area contributed by atoms with E-state index < -0.39 is 0 Å². The Balaban J connectivity index is 1.75. The summed E-state index contributed by atoms with van der Waals surface area (Å²) in [5.41, 5.74) is 1.54. The van der Waals surface area contributed by atoms with Crippen molar-refractivity contribution in [1.82, 2.24) is 0 Å². The summed E-state index contributed by atoms with van der Waals surface area (Å²) in [7, 11) is 0. The molecule has 2 aromatic carbocycles. The van der Waals surface area contributed by atoms with Gasteiger partial charge in [0.15, 0.2) is 11.5 Å². The van der Waals surface area contributed by atoms with E-state index >= 15 is 0 Å². The van der Waals surface area contributed by atoms with Gasteiger partial charge in [-0.05, 0) is 44.2 Å². The molecule has 2 aliphatic rings. The molecule has 0 bridgehead atoms. The van der Waals surface area contributed by atoms with Crippen LogP contribution in [-0.4, -0.2) is 30.4 Å². The number of hydrogen-bond donors (Lipinski definition) is 0. The van der Waals surface area contributed by atoms with E-state index in [4.69, 9.17) is 9.47 Å². The quantitative estimate of drug-likeness (QED) is 0.708. The fourth-order valence-corrected chi connectivity index (χ4v) is 4.81. The van der Waals surface area contributed by atoms with Crippen LogP contribution < -0.4 is 14.4 Å². The molecule has 144 valence electrons. The zero-order valence-corrected chi connectivity index (χ0v) is 16.8. The van der Waals surface area contributed by atoms with Crippen LogP contribution in [0.5, 0.6) is 11.5 Å². The van der Waals surface area contributed by atoms with Crippen molar-refractivity contribution in [3.05, 3.63) is 72.3 Å². The average molecular weight is 394 g/mol. The number of para-hydroxylation sites is 1. The average Bonchev–Trinajstić information content (AvgIpc) is 2.73. The number of fused-ring (bicyclic) bond motifs is 2. The largest absolute Gasteiger partial charge is 0.490 e. The zero-order valence-electron chi connectivity index (χ0n) is 16.0. The maximum absolute atomic E-state index is 13.6. The Kier molecular flexibility index (Phi) is 5.44. The maximum atomic E-state index is 13.6. The van der Waals surface area contributed by atoms with Gasteiger partial charge in [0, 0.05) is 10.5 Å². The van der Waals surface area contributed by atoms with Gasteiger partial charge in [-0.2, -0.15) is 0 Å². The van der Waals surface area contributed by atoms with Crippen LogP contribution in [0.1, 0.15) is 24.2 Å². The Labute approximate surface area is 169 Å². The van der Waals surface area contributed by atoms with Crippen LogP contribution in [0.15, 0.2) is 71.7 Å². The summed E-state index contributed by atoms with van der Waals surface area (Å²) in [5, 5.41) is 0.206. The van der Waals surface area contributed by atoms with E-state index in [0.29, 0.717) is 30.3 Å². The second-order valence-corrected chi connectivity index (χ2v) is 7.73. The fourth-order valence-electron chi connectivity index (χ4n) is 3.55. The first-order chi connectivity index (χ1) is 13.7. The molecule has 4 rings (SSSR count). The van der Waals surface area contributed by atoms with Gasteiger partial charge < -0.3 is 9.47 Å². The van der Waals surface area contributed by atoms with Crippen LogP contribution in [0.2, 0.25) is 0 Å². The number of benzene rings is 2. The highest BCUT2D eigenvalue weighted by atomic mass is 32.2. The van der Waals surface area contributed by atoms with Gasteiger partial charge in [0.25, 0.3) is 5.91 Å². The van der Waals surface area contributed by atoms with Gasteiger partial charge >= 0.3 is 0 Å². The molecule has 2 unspecified atom stereocenters. The third-order valence-corrected chi connectivity index (χ3v) is 6.06. The smallest absolute Gasteiger partial charge is 0.259 e. The number of anilines is 1. The van der Waals surface area contributed by atoms with E-state index in [9.17, 15) is 4.79 Å². The van der Waals surface area contributed by atoms with Crippen LogP contribution >= 0.6 is 11.8 Å². The summed E-state index contributed by atoms with van der Waals surface area (Å²) >= 11 is 1.80. The molecule has 0 radical (unpaired) electrons. The van der Waals surface area contributed by atoms with Crippen molar-refractivity contribution in [2.24, 2.45) is 0 Å². The first-order valence-electron chi connectivity index (χ1n) is 9.56. The summed E-state index contributed by atoms with van der Waals surface area (Å²) < 4.78 is 11.4. The highest BCUT2D eigenvalue weighted by molar-refractivity contribution is 8.00. The highest BCUT2D eigenvalue weighted by Gasteiger charge is 2.37. The van der Waals surface area contributed by atoms with Crippen molar-refractivity contribution in [3.63, 3.8) is 0 Å². The Bertz CT molecular complexity index is 937. The molecule has 4 nitrogen and oxygen atoms in total. The van der Waals surface area contributed by atoms with Crippen molar-refractivity contribution < 1.29 is 14.3 Å². The first-order valence-corrected chi connectivity index (χ1v) is 10.4. The number of carbonyl (C=O) groups is 1. The SMILES string of the molecule is CCOc1ccc(C(=O)N2c3ccccc3SC3C=CC=CC32)cc1OCC. The molecule has 1 aliphatic carbocycles. The van der Waals surface area contributed by atoms with E-state index in [1.54, 1.807) is 17.8 Å². The van der Waals surface area contributed by atoms with E-state index in [2.05, 4.69) is 24.3 Å². The van der Waals surface area contributed by atoms with Crippen LogP contribution in [0.3, 0.4) is 0 Å². The van der Waals surface area contributed by atoms with E-state index in [-0.39, 0.29) is 17.2 Å². The predicted octanol–water partition coefficient (Wildman–Crippen LogP) is 5.10. The Morgan fingerprint density at radius 2 is 1.75 bits per heavy atom. The number of thioether (sulfide) groups is 1. The van der Waals surface area contributed by atoms with Crippen LogP contribution in [0.4, 0.5) is 5.69 Å². The molecule has 1 amide bonds. The maximum Gasteiger partial charge on any atom is 0.259 e. The zero-order chi connectivity index (χ0) is 19.5. The number of allylic oxidation sites excluding steroid dienone is 2. The molecule has 1 aliphatic heterocycles. The van der Waals surface area contributed by atoms with Crippen molar-refractivity contribution in [3.8, 4) is 11.5 Å². The fraction of sp³-hybridized carbons (Fsp3) is 0.261. The van der Waals surface area contributed by atoms with Gasteiger partial charge in [-0.1, -0.05) is 36.4 Å². The number of amides is 1. The molecule has 0 N–H and O–H groups in total. The lowest BCUT2D eigenvalue weighted by Gasteiger charge is -2.40. The molecule has 28 heavy (non-hydrogen) atoms. The molecule has 0 aromatic heterocycles. The van der Waals surface area contributed by atoms with Crippen molar-refractivity contribution in [2.75, 3.05) is 18.1 Å². The van der Waals surface area contributed by atoms with Gasteiger partial charge in [-0.3, -0.25) is 9.69 Å². The summed E-state index contributed by atoms with van der Waals surface area (Å²) in [6.07, 6.45) is 8.33. The molecule has 2 atom stereocenters. The molecule has 2 aromatic rings. The second kappa shape index (κ2) is 8.15. The van der Waals surface area contributed by atoms with Crippen molar-refractivity contribution >= 4 is 23.4 Å². The van der Waals surface area contributed by atoms with Gasteiger partial charge in [0.1, 0.15) is 0 Å². The topological polar surface area (TPSA) is 38.8 Å². The van der Waals surface area contributed by atoms with Crippen LogP contribution in [-0.2, 0) is 0 Å². The van der Waals surface area contributed by atoms with E-state index in [1.165, 1.54) is 0 Å². The first kappa shape index (κ1) is 18.7. The molecular formula is C23H23NO3S. The van der Waals surface area contributed by atoms with Crippen molar-refractivity contribution in [1.29, 1.82) is 0 Å². The van der Waals surface area contributed by atoms with Crippen LogP contribution in [0.25, 0.3) is 0 Å². The minimum Gasteiger partial charge on any atom is -0.490 e. The van der Waals surface area contributed by atoms with E-state index in [1.807, 2.05) is 55.2 Å². The minimum atomic E-state index is -0.0355. The molecule has 5 heteroatoms. The number of rotatable bonds is 5. The third-order valence-electron chi connectivity index (χ3n) is 4.75. The lowest BCUT2D eigenvalue weighted by Crippen LogP contribution is -2.47. The minimum absolute atomic E-state index is 0.0143. The normalized spacial score (nSPS) is 19.7. The van der Waals surface area contributed by atoms with Crippen LogP contribution in [0, 0.1) is 0 Å². The Hall–Kier alpha value is -2.66. The lowest BCUT2D eigenvalue weighted by molar-refractivity contribution is 0.0980. The Morgan fingerprint density at radius 3 is 2.57 bits per heavy atom. The summed E-state index contributed by atoms with van der Waals surface area (Å²) in [6, 6.07) is 13.5. The summed E-state index contributed by atoms with van der Waals surface area (Å²) in [4.78, 5) is 16.6. The van der Waals surface area contributed by atoms with Gasteiger partial charge in [0.05, 0.1) is 30.2 Å². The van der Waals surface area contributed by atoms with Gasteiger partial charge in [-0.25, -0.2) is 0 Å². The third kappa shape index (κ3) is 3.42. The lowest BCUT2D eigenvalue weighted by atomic mass is 10.0. The molecule has 0 fully saturated rings. The van der Waals surface area contributed by atoms with Gasteiger partial charge in [-0.15, -0.1) is 11.8 Å². The van der Waals surface area contributed by atoms with Crippen molar-refractivity contribution in [2.45, 2.75) is 30.0 Å². The van der Waals surface area contributed by atoms with E-state index in [0.717, 1.165) is 10.6 Å². The highest BCUT2D eigenvalue weighted by Crippen LogP contribution is 2.44. The Morgan fingerprint density at radius 1 is 1.00 bits per heavy atom. The summed E-state index contributed by atoms with van der Waals surface area (Å²) in [6.45, 7) is 4.91. The number of ether oxygens (including phenoxy) is 2. The number of nitrogens with zero attached hydrogens (tertiary/aromatic N) is 1. The second-order valence-electron chi connectivity index (χ2n) is 6.51. The predicted molar refractivity (Wildman–Crippen MR) is 114 cm³/mol. The molecule has 0 saturated carbocycles. The molecular weight excluding hydrogens is 370 g/mol. The summed E-state index contributed by atoms with van der Waals surface area (Å²) in [5.74, 6) is 1.23. The number of carbonyl (C=O) groups excluding carboxylic acids is 1. The molecule has 1 heterocycles. The number of hydrogen-bond acceptors (Lipinski definition) is 4. The molecule has 0 saturated heterocycles.